The summed E-state index contributed by atoms with van der Waals surface area (Å²) in [4.78, 5) is 55.5. The summed E-state index contributed by atoms with van der Waals surface area (Å²) in [5.41, 5.74) is 4.09. The zero-order chi connectivity index (χ0) is 33.8. The zero-order valence-electron chi connectivity index (χ0n) is 26.9. The van der Waals surface area contributed by atoms with E-state index >= 15 is 0 Å². The first kappa shape index (κ1) is 34.0. The average molecular weight is 706 g/mol. The molecule has 3 aromatic heterocycles. The molecule has 47 heavy (non-hydrogen) atoms. The van der Waals surface area contributed by atoms with Crippen LogP contribution in [0, 0.1) is 26.7 Å². The highest BCUT2D eigenvalue weighted by Gasteiger charge is 2.45. The number of halogens is 2. The number of benzene rings is 1. The van der Waals surface area contributed by atoms with Crippen molar-refractivity contribution in [3.05, 3.63) is 76.6 Å². The minimum Gasteiger partial charge on any atom is -0.322 e. The minimum atomic E-state index is -0.831. The maximum Gasteiger partial charge on any atom is 0.248 e. The van der Waals surface area contributed by atoms with Crippen LogP contribution in [0.5, 0.6) is 0 Å². The first-order chi connectivity index (χ1) is 22.5. The van der Waals surface area contributed by atoms with Crippen LogP contribution >= 0.6 is 15.9 Å². The molecule has 3 atom stereocenters. The standard InChI is InChI=1S/C34H38BrFN8O3/c1-6-27-24(15-37-11-7-10-36)14-28(34(47)41-33-19(2)8-9-29(35)40-33)44(27)30(46)18-43-32-20(3)12-23(25-16-38-22(5)39-17-25)13-26(32)31(42-43)21(4)45/h6,8-9,12-13,16-17,24,27-28,37H,1,7,10-11,14-15,18H2,2-5H3,(H,40,41,47)/t24-,27-,28+/m1/s1. The molecule has 2 amide bonds. The SMILES string of the molecule is C=C[C@@H]1[C@@H](CNCCCF)C[C@@H](C(=O)Nc2nc(Br)ccc2C)N1C(=O)Cn1nc(C(C)=O)c2cc(-c3cnc(C)nc3)cc(C)c21. The molecule has 2 N–H and O–H groups in total. The Kier molecular flexibility index (Phi) is 10.6. The summed E-state index contributed by atoms with van der Waals surface area (Å²) < 4.78 is 14.9. The number of alkyl halides is 1. The number of Topliss-reactive ketones (excluding diaryl/α,β-unsaturated/α-hetero) is 1. The smallest absolute Gasteiger partial charge is 0.248 e. The van der Waals surface area contributed by atoms with Crippen LogP contribution in [0.1, 0.15) is 47.2 Å². The number of pyridine rings is 1. The lowest BCUT2D eigenvalue weighted by Crippen LogP contribution is -2.48. The summed E-state index contributed by atoms with van der Waals surface area (Å²) in [5, 5.41) is 11.4. The number of amides is 2. The monoisotopic (exact) mass is 704 g/mol. The number of hydrogen-bond donors (Lipinski definition) is 2. The fourth-order valence-electron chi connectivity index (χ4n) is 6.19. The van der Waals surface area contributed by atoms with E-state index in [9.17, 15) is 18.8 Å². The molecule has 1 aromatic carbocycles. The summed E-state index contributed by atoms with van der Waals surface area (Å²) in [6, 6.07) is 6.13. The van der Waals surface area contributed by atoms with Gasteiger partial charge in [-0.1, -0.05) is 12.1 Å². The fraction of sp³-hybridized carbons (Fsp3) is 0.382. The largest absolute Gasteiger partial charge is 0.322 e. The van der Waals surface area contributed by atoms with Crippen molar-refractivity contribution in [2.75, 3.05) is 25.1 Å². The van der Waals surface area contributed by atoms with Crippen LogP contribution in [-0.2, 0) is 16.1 Å². The van der Waals surface area contributed by atoms with E-state index in [1.54, 1.807) is 34.1 Å². The molecule has 246 valence electrons. The molecule has 0 unspecified atom stereocenters. The van der Waals surface area contributed by atoms with Gasteiger partial charge in [0.05, 0.1) is 18.2 Å². The van der Waals surface area contributed by atoms with Gasteiger partial charge in [-0.05, 0) is 96.9 Å². The van der Waals surface area contributed by atoms with E-state index < -0.39 is 18.8 Å². The number of nitrogens with zero attached hydrogens (tertiary/aromatic N) is 6. The number of ketones is 1. The molecule has 1 aliphatic heterocycles. The summed E-state index contributed by atoms with van der Waals surface area (Å²) in [6.45, 7) is 11.3. The van der Waals surface area contributed by atoms with Crippen molar-refractivity contribution < 1.29 is 18.8 Å². The summed E-state index contributed by atoms with van der Waals surface area (Å²) >= 11 is 3.36. The minimum absolute atomic E-state index is 0.147. The fourth-order valence-corrected chi connectivity index (χ4v) is 6.50. The van der Waals surface area contributed by atoms with E-state index in [2.05, 4.69) is 53.2 Å². The molecule has 1 fully saturated rings. The number of fused-ring (bicyclic) bond motifs is 1. The van der Waals surface area contributed by atoms with Crippen LogP contribution in [0.3, 0.4) is 0 Å². The first-order valence-electron chi connectivity index (χ1n) is 15.5. The third-order valence-electron chi connectivity index (χ3n) is 8.46. The number of likely N-dealkylation sites (tertiary alicyclic amines) is 1. The number of rotatable bonds is 12. The van der Waals surface area contributed by atoms with Gasteiger partial charge in [0.2, 0.25) is 11.8 Å². The second-order valence-corrected chi connectivity index (χ2v) is 12.7. The van der Waals surface area contributed by atoms with Gasteiger partial charge in [0, 0.05) is 36.8 Å². The van der Waals surface area contributed by atoms with Crippen LogP contribution in [0.2, 0.25) is 0 Å². The van der Waals surface area contributed by atoms with Crippen LogP contribution in [0.4, 0.5) is 10.2 Å². The summed E-state index contributed by atoms with van der Waals surface area (Å²) in [7, 11) is 0. The van der Waals surface area contributed by atoms with Crippen LogP contribution in [0.25, 0.3) is 22.0 Å². The van der Waals surface area contributed by atoms with E-state index in [1.165, 1.54) is 6.92 Å². The molecule has 11 nitrogen and oxygen atoms in total. The second-order valence-electron chi connectivity index (χ2n) is 11.8. The van der Waals surface area contributed by atoms with E-state index in [4.69, 9.17) is 0 Å². The molecule has 13 heteroatoms. The Morgan fingerprint density at radius 2 is 1.85 bits per heavy atom. The maximum atomic E-state index is 14.3. The lowest BCUT2D eigenvalue weighted by molar-refractivity contribution is -0.138. The van der Waals surface area contributed by atoms with E-state index in [0.717, 1.165) is 22.3 Å². The van der Waals surface area contributed by atoms with Crippen molar-refractivity contribution in [3.63, 3.8) is 0 Å². The van der Waals surface area contributed by atoms with Gasteiger partial charge in [-0.3, -0.25) is 23.5 Å². The number of hydrogen-bond acceptors (Lipinski definition) is 8. The van der Waals surface area contributed by atoms with Crippen molar-refractivity contribution in [2.24, 2.45) is 5.92 Å². The van der Waals surface area contributed by atoms with Gasteiger partial charge in [-0.25, -0.2) is 15.0 Å². The van der Waals surface area contributed by atoms with Gasteiger partial charge in [-0.15, -0.1) is 6.58 Å². The Labute approximate surface area is 281 Å². The number of aromatic nitrogens is 5. The highest BCUT2D eigenvalue weighted by Crippen LogP contribution is 2.34. The Morgan fingerprint density at radius 1 is 1.11 bits per heavy atom. The summed E-state index contributed by atoms with van der Waals surface area (Å²) in [6.07, 6.45) is 5.87. The molecule has 5 rings (SSSR count). The van der Waals surface area contributed by atoms with Crippen LogP contribution < -0.4 is 10.6 Å². The highest BCUT2D eigenvalue weighted by atomic mass is 79.9. The predicted molar refractivity (Wildman–Crippen MR) is 182 cm³/mol. The Balaban J connectivity index is 1.50. The van der Waals surface area contributed by atoms with E-state index in [0.29, 0.717) is 53.1 Å². The third-order valence-corrected chi connectivity index (χ3v) is 8.91. The quantitative estimate of drug-likeness (QED) is 0.0897. The molecular weight excluding hydrogens is 667 g/mol. The molecule has 0 saturated carbocycles. The van der Waals surface area contributed by atoms with Crippen molar-refractivity contribution in [2.45, 2.75) is 59.2 Å². The Bertz CT molecular complexity index is 1830. The molecule has 0 aliphatic carbocycles. The molecule has 0 spiro atoms. The normalized spacial score (nSPS) is 17.7. The van der Waals surface area contributed by atoms with Gasteiger partial charge in [-0.2, -0.15) is 5.10 Å². The van der Waals surface area contributed by atoms with Crippen molar-refractivity contribution in [1.29, 1.82) is 0 Å². The number of anilines is 1. The van der Waals surface area contributed by atoms with Gasteiger partial charge >= 0.3 is 0 Å². The molecule has 4 heterocycles. The van der Waals surface area contributed by atoms with Crippen LogP contribution in [-0.4, -0.2) is 79.1 Å². The molecular formula is C34H38BrFN8O3. The zero-order valence-corrected chi connectivity index (χ0v) is 28.5. The molecule has 4 aromatic rings. The molecule has 0 radical (unpaired) electrons. The van der Waals surface area contributed by atoms with Crippen molar-refractivity contribution >= 4 is 50.2 Å². The Morgan fingerprint density at radius 3 is 2.53 bits per heavy atom. The van der Waals surface area contributed by atoms with E-state index in [-0.39, 0.29) is 35.8 Å². The number of nitrogens with one attached hydrogen (secondary N) is 2. The van der Waals surface area contributed by atoms with Gasteiger partial charge in [0.1, 0.15) is 34.5 Å². The maximum absolute atomic E-state index is 14.3. The number of carbonyl (C=O) groups is 3. The summed E-state index contributed by atoms with van der Waals surface area (Å²) in [5.74, 6) is -0.0692. The van der Waals surface area contributed by atoms with Gasteiger partial charge in [0.25, 0.3) is 0 Å². The highest BCUT2D eigenvalue weighted by molar-refractivity contribution is 9.10. The topological polar surface area (TPSA) is 135 Å². The lowest BCUT2D eigenvalue weighted by Gasteiger charge is -2.29. The number of aryl methyl sites for hydroxylation is 3. The molecule has 1 aliphatic rings. The molecule has 0 bridgehead atoms. The second kappa shape index (κ2) is 14.6. The van der Waals surface area contributed by atoms with E-state index in [1.807, 2.05) is 39.0 Å². The van der Waals surface area contributed by atoms with Gasteiger partial charge in [0.15, 0.2) is 5.78 Å². The average Bonchev–Trinajstić information content (AvgIpc) is 3.60. The van der Waals surface area contributed by atoms with Crippen LogP contribution in [0.15, 0.2) is 53.9 Å². The lowest BCUT2D eigenvalue weighted by atomic mass is 9.98. The first-order valence-corrected chi connectivity index (χ1v) is 16.3. The van der Waals surface area contributed by atoms with Gasteiger partial charge < -0.3 is 15.5 Å². The number of carbonyl (C=O) groups excluding carboxylic acids is 3. The van der Waals surface area contributed by atoms with Crippen molar-refractivity contribution in [1.82, 2.24) is 34.9 Å². The van der Waals surface area contributed by atoms with Crippen molar-refractivity contribution in [3.8, 4) is 11.1 Å². The molecule has 1 saturated heterocycles. The predicted octanol–water partition coefficient (Wildman–Crippen LogP) is 5.14. The Hall–Kier alpha value is -4.36. The third kappa shape index (κ3) is 7.31.